The molecular formula is C75H132O6. The van der Waals surface area contributed by atoms with Crippen LogP contribution < -0.4 is 0 Å². The topological polar surface area (TPSA) is 78.9 Å². The average Bonchev–Trinajstić information content (AvgIpc) is 3.47. The molecule has 0 saturated carbocycles. The van der Waals surface area contributed by atoms with Gasteiger partial charge in [0.1, 0.15) is 13.2 Å². The number of carbonyl (C=O) groups excluding carboxylic acids is 3. The van der Waals surface area contributed by atoms with Crippen LogP contribution >= 0.6 is 0 Å². The van der Waals surface area contributed by atoms with E-state index in [1.54, 1.807) is 0 Å². The van der Waals surface area contributed by atoms with Gasteiger partial charge in [-0.1, -0.05) is 337 Å². The Morgan fingerprint density at radius 2 is 0.506 bits per heavy atom. The summed E-state index contributed by atoms with van der Waals surface area (Å²) in [5.41, 5.74) is 0. The molecule has 1 atom stereocenters. The molecular weight excluding hydrogens is 997 g/mol. The Bertz CT molecular complexity index is 1530. The van der Waals surface area contributed by atoms with E-state index in [2.05, 4.69) is 99.8 Å². The van der Waals surface area contributed by atoms with Crippen LogP contribution in [0.4, 0.5) is 0 Å². The standard InChI is InChI=1S/C75H132O6/c1-4-7-10-13-16-19-22-25-28-30-32-33-34-35-36-37-38-39-40-41-43-44-47-50-53-56-59-62-65-68-74(77)80-71-72(70-79-73(76)67-64-61-58-55-52-49-46-27-24-21-18-15-12-9-6-3)81-75(78)69-66-63-60-57-54-51-48-45-42-31-29-26-23-20-17-14-11-8-5-2/h8,11,17,20,26,29-30,32,42,45,51,54,60,63,72H,4-7,9-10,12-16,18-19,21-25,27-28,31,33-41,43-44,46-50,52-53,55-59,61-62,64-71H2,1-3H3/b11-8-,20-17-,29-26-,32-30-,45-42-,54-51-,63-60-. The molecule has 0 amide bonds. The smallest absolute Gasteiger partial charge is 0.306 e. The maximum absolute atomic E-state index is 12.9. The Balaban J connectivity index is 4.31. The molecule has 0 aliphatic heterocycles. The third-order valence-electron chi connectivity index (χ3n) is 15.4. The molecule has 0 N–H and O–H groups in total. The van der Waals surface area contributed by atoms with Gasteiger partial charge < -0.3 is 14.2 Å². The minimum absolute atomic E-state index is 0.103. The highest BCUT2D eigenvalue weighted by atomic mass is 16.6. The van der Waals surface area contributed by atoms with Gasteiger partial charge in [-0.15, -0.1) is 0 Å². The summed E-state index contributed by atoms with van der Waals surface area (Å²) in [6, 6.07) is 0. The van der Waals surface area contributed by atoms with Crippen molar-refractivity contribution in [1.29, 1.82) is 0 Å². The van der Waals surface area contributed by atoms with E-state index in [0.717, 1.165) is 77.0 Å². The fourth-order valence-corrected chi connectivity index (χ4v) is 10.2. The van der Waals surface area contributed by atoms with Crippen LogP contribution in [-0.4, -0.2) is 37.2 Å². The van der Waals surface area contributed by atoms with Crippen molar-refractivity contribution in [3.8, 4) is 0 Å². The average molecular weight is 1130 g/mol. The predicted octanol–water partition coefficient (Wildman–Crippen LogP) is 24.2. The molecule has 0 heterocycles. The normalized spacial score (nSPS) is 12.6. The van der Waals surface area contributed by atoms with Gasteiger partial charge in [-0.05, 0) is 83.5 Å². The lowest BCUT2D eigenvalue weighted by atomic mass is 10.0. The maximum Gasteiger partial charge on any atom is 0.306 e. The molecule has 0 spiro atoms. The first-order valence-corrected chi connectivity index (χ1v) is 35.1. The van der Waals surface area contributed by atoms with Gasteiger partial charge in [0, 0.05) is 19.3 Å². The molecule has 0 aromatic heterocycles. The zero-order chi connectivity index (χ0) is 58.5. The van der Waals surface area contributed by atoms with Crippen molar-refractivity contribution in [1.82, 2.24) is 0 Å². The molecule has 0 fully saturated rings. The zero-order valence-electron chi connectivity index (χ0n) is 53.8. The molecule has 0 saturated heterocycles. The summed E-state index contributed by atoms with van der Waals surface area (Å²) in [6.07, 6.45) is 92.0. The minimum Gasteiger partial charge on any atom is -0.462 e. The number of allylic oxidation sites excluding steroid dienone is 14. The molecule has 0 aliphatic carbocycles. The van der Waals surface area contributed by atoms with Crippen LogP contribution in [0.5, 0.6) is 0 Å². The van der Waals surface area contributed by atoms with Gasteiger partial charge in [0.25, 0.3) is 0 Å². The van der Waals surface area contributed by atoms with Gasteiger partial charge in [0.05, 0.1) is 0 Å². The fraction of sp³-hybridized carbons (Fsp3) is 0.773. The number of unbranched alkanes of at least 4 members (excludes halogenated alkanes) is 39. The third kappa shape index (κ3) is 67.3. The molecule has 468 valence electrons. The maximum atomic E-state index is 12.9. The van der Waals surface area contributed by atoms with E-state index in [1.165, 1.54) is 231 Å². The van der Waals surface area contributed by atoms with Crippen LogP contribution in [0.25, 0.3) is 0 Å². The van der Waals surface area contributed by atoms with Gasteiger partial charge in [0.15, 0.2) is 6.10 Å². The second-order valence-electron chi connectivity index (χ2n) is 23.4. The van der Waals surface area contributed by atoms with Crippen LogP contribution in [0.1, 0.15) is 355 Å². The van der Waals surface area contributed by atoms with Crippen molar-refractivity contribution < 1.29 is 28.6 Å². The molecule has 0 rings (SSSR count). The largest absolute Gasteiger partial charge is 0.462 e. The van der Waals surface area contributed by atoms with E-state index >= 15 is 0 Å². The molecule has 81 heavy (non-hydrogen) atoms. The van der Waals surface area contributed by atoms with Crippen molar-refractivity contribution in [3.63, 3.8) is 0 Å². The molecule has 0 aromatic rings. The van der Waals surface area contributed by atoms with E-state index in [0.29, 0.717) is 19.3 Å². The highest BCUT2D eigenvalue weighted by Crippen LogP contribution is 2.18. The highest BCUT2D eigenvalue weighted by Gasteiger charge is 2.19. The van der Waals surface area contributed by atoms with E-state index < -0.39 is 6.10 Å². The fourth-order valence-electron chi connectivity index (χ4n) is 10.2. The van der Waals surface area contributed by atoms with Crippen molar-refractivity contribution in [2.45, 2.75) is 361 Å². The monoisotopic (exact) mass is 1130 g/mol. The Morgan fingerprint density at radius 1 is 0.259 bits per heavy atom. The Labute approximate surface area is 503 Å². The Kier molecular flexibility index (Phi) is 66.2. The summed E-state index contributed by atoms with van der Waals surface area (Å²) in [5.74, 6) is -0.969. The van der Waals surface area contributed by atoms with Gasteiger partial charge in [0.2, 0.25) is 0 Å². The number of rotatable bonds is 64. The van der Waals surface area contributed by atoms with Crippen LogP contribution in [-0.2, 0) is 28.6 Å². The molecule has 0 aliphatic rings. The second-order valence-corrected chi connectivity index (χ2v) is 23.4. The van der Waals surface area contributed by atoms with Crippen molar-refractivity contribution in [3.05, 3.63) is 85.1 Å². The Morgan fingerprint density at radius 3 is 0.802 bits per heavy atom. The van der Waals surface area contributed by atoms with Crippen LogP contribution in [0.3, 0.4) is 0 Å². The van der Waals surface area contributed by atoms with Crippen LogP contribution in [0, 0.1) is 0 Å². The van der Waals surface area contributed by atoms with Gasteiger partial charge in [-0.2, -0.15) is 0 Å². The molecule has 6 nitrogen and oxygen atoms in total. The van der Waals surface area contributed by atoms with Crippen molar-refractivity contribution >= 4 is 17.9 Å². The highest BCUT2D eigenvalue weighted by molar-refractivity contribution is 5.71. The summed E-state index contributed by atoms with van der Waals surface area (Å²) in [5, 5.41) is 0. The van der Waals surface area contributed by atoms with Gasteiger partial charge in [-0.3, -0.25) is 14.4 Å². The summed E-state index contributed by atoms with van der Waals surface area (Å²) in [6.45, 7) is 6.52. The third-order valence-corrected chi connectivity index (χ3v) is 15.4. The van der Waals surface area contributed by atoms with Gasteiger partial charge in [-0.25, -0.2) is 0 Å². The predicted molar refractivity (Wildman–Crippen MR) is 353 cm³/mol. The molecule has 1 unspecified atom stereocenters. The first kappa shape index (κ1) is 77.6. The summed E-state index contributed by atoms with van der Waals surface area (Å²) in [7, 11) is 0. The molecule has 0 bridgehead atoms. The minimum atomic E-state index is -0.816. The summed E-state index contributed by atoms with van der Waals surface area (Å²) >= 11 is 0. The molecule has 0 aromatic carbocycles. The first-order chi connectivity index (χ1) is 40.0. The Hall–Kier alpha value is -3.41. The SMILES string of the molecule is CC/C=C\C/C=C\C/C=C\C/C=C\C/C=C\C/C=C\CCC(=O)OC(COC(=O)CCCCCCCCCCCCCCCCC)COC(=O)CCCCCCCCCCCCCCCCCCC/C=C\CCCCCCCCCC. The van der Waals surface area contributed by atoms with Crippen molar-refractivity contribution in [2.75, 3.05) is 13.2 Å². The number of esters is 3. The van der Waals surface area contributed by atoms with Crippen LogP contribution in [0.15, 0.2) is 85.1 Å². The lowest BCUT2D eigenvalue weighted by molar-refractivity contribution is -0.166. The van der Waals surface area contributed by atoms with E-state index in [1.807, 2.05) is 6.08 Å². The lowest BCUT2D eigenvalue weighted by Crippen LogP contribution is -2.30. The quantitative estimate of drug-likeness (QED) is 0.0261. The number of hydrogen-bond donors (Lipinski definition) is 0. The zero-order valence-corrected chi connectivity index (χ0v) is 53.8. The van der Waals surface area contributed by atoms with Crippen molar-refractivity contribution in [2.24, 2.45) is 0 Å². The van der Waals surface area contributed by atoms with E-state index in [9.17, 15) is 14.4 Å². The van der Waals surface area contributed by atoms with Gasteiger partial charge >= 0.3 is 17.9 Å². The summed E-state index contributed by atoms with van der Waals surface area (Å²) in [4.78, 5) is 38.4. The second kappa shape index (κ2) is 69.1. The number of hydrogen-bond acceptors (Lipinski definition) is 6. The molecule has 6 heteroatoms. The van der Waals surface area contributed by atoms with E-state index in [4.69, 9.17) is 14.2 Å². The molecule has 0 radical (unpaired) electrons. The summed E-state index contributed by atoms with van der Waals surface area (Å²) < 4.78 is 16.9. The number of carbonyl (C=O) groups is 3. The number of ether oxygens (including phenoxy) is 3. The van der Waals surface area contributed by atoms with E-state index in [-0.39, 0.29) is 37.5 Å². The first-order valence-electron chi connectivity index (χ1n) is 35.1. The lowest BCUT2D eigenvalue weighted by Gasteiger charge is -2.18. The van der Waals surface area contributed by atoms with Crippen LogP contribution in [0.2, 0.25) is 0 Å².